The van der Waals surface area contributed by atoms with Gasteiger partial charge in [-0.15, -0.1) is 10.2 Å². The molecule has 4 aromatic rings. The van der Waals surface area contributed by atoms with Crippen LogP contribution in [0.15, 0.2) is 54.7 Å². The molecule has 0 radical (unpaired) electrons. The molecule has 0 aliphatic carbocycles. The van der Waals surface area contributed by atoms with E-state index in [9.17, 15) is 9.18 Å². The highest BCUT2D eigenvalue weighted by Crippen LogP contribution is 2.17. The van der Waals surface area contributed by atoms with Gasteiger partial charge in [0.05, 0.1) is 29.0 Å². The summed E-state index contributed by atoms with van der Waals surface area (Å²) >= 11 is 0. The quantitative estimate of drug-likeness (QED) is 0.591. The van der Waals surface area contributed by atoms with Gasteiger partial charge in [-0.1, -0.05) is 10.4 Å². The lowest BCUT2D eigenvalue weighted by atomic mass is 10.2. The minimum Gasteiger partial charge on any atom is -0.321 e. The molecule has 0 unspecified atom stereocenters. The number of carbonyl (C=O) groups is 1. The molecule has 28 heavy (non-hydrogen) atoms. The van der Waals surface area contributed by atoms with E-state index in [1.54, 1.807) is 42.1 Å². The molecule has 0 aliphatic heterocycles. The molecule has 8 nitrogen and oxygen atoms in total. The first kappa shape index (κ1) is 17.5. The molecule has 2 aromatic heterocycles. The minimum absolute atomic E-state index is 0.195. The maximum Gasteiger partial charge on any atom is 0.278 e. The predicted molar refractivity (Wildman–Crippen MR) is 100 cm³/mol. The first-order valence-electron chi connectivity index (χ1n) is 8.50. The normalized spacial score (nSPS) is 10.8. The molecule has 0 bridgehead atoms. The van der Waals surface area contributed by atoms with Gasteiger partial charge >= 0.3 is 0 Å². The Hall–Kier alpha value is -3.88. The monoisotopic (exact) mass is 377 g/mol. The van der Waals surface area contributed by atoms with Gasteiger partial charge in [0.15, 0.2) is 5.69 Å². The number of benzene rings is 2. The average molecular weight is 377 g/mol. The number of hydrogen-bond acceptors (Lipinski definition) is 5. The van der Waals surface area contributed by atoms with Crippen LogP contribution in [0.5, 0.6) is 0 Å². The highest BCUT2D eigenvalue weighted by molar-refractivity contribution is 6.03. The van der Waals surface area contributed by atoms with Crippen LogP contribution in [0.25, 0.3) is 11.4 Å². The Morgan fingerprint density at radius 2 is 1.57 bits per heavy atom. The number of anilines is 1. The Balaban J connectivity index is 1.53. The van der Waals surface area contributed by atoms with Gasteiger partial charge in [-0.05, 0) is 62.4 Å². The van der Waals surface area contributed by atoms with E-state index in [1.165, 1.54) is 16.8 Å². The van der Waals surface area contributed by atoms with Crippen LogP contribution >= 0.6 is 0 Å². The van der Waals surface area contributed by atoms with Crippen molar-refractivity contribution in [1.82, 2.24) is 30.0 Å². The van der Waals surface area contributed by atoms with E-state index < -0.39 is 0 Å². The number of carbonyl (C=O) groups excluding carboxylic acids is 1. The van der Waals surface area contributed by atoms with Crippen molar-refractivity contribution in [3.8, 4) is 11.4 Å². The van der Waals surface area contributed by atoms with E-state index in [1.807, 2.05) is 19.1 Å². The largest absolute Gasteiger partial charge is 0.321 e. The summed E-state index contributed by atoms with van der Waals surface area (Å²) in [5.74, 6) is -0.723. The lowest BCUT2D eigenvalue weighted by Gasteiger charge is -2.07. The van der Waals surface area contributed by atoms with Gasteiger partial charge in [-0.25, -0.2) is 13.8 Å². The number of halogens is 1. The predicted octanol–water partition coefficient (Wildman–Crippen LogP) is 2.86. The Morgan fingerprint density at radius 1 is 0.929 bits per heavy atom. The third-order valence-corrected chi connectivity index (χ3v) is 4.27. The van der Waals surface area contributed by atoms with Crippen LogP contribution in [0, 0.1) is 19.7 Å². The average Bonchev–Trinajstić information content (AvgIpc) is 3.29. The first-order valence-corrected chi connectivity index (χ1v) is 8.50. The van der Waals surface area contributed by atoms with Crippen LogP contribution in [-0.4, -0.2) is 35.9 Å². The zero-order valence-electron chi connectivity index (χ0n) is 15.2. The summed E-state index contributed by atoms with van der Waals surface area (Å²) < 4.78 is 16.3. The number of aryl methyl sites for hydroxylation is 1. The highest BCUT2D eigenvalue weighted by atomic mass is 19.1. The van der Waals surface area contributed by atoms with Gasteiger partial charge in [0.1, 0.15) is 5.82 Å². The number of aromatic nitrogens is 6. The number of rotatable bonds is 4. The van der Waals surface area contributed by atoms with Gasteiger partial charge in [-0.2, -0.15) is 0 Å². The molecule has 140 valence electrons. The number of nitrogens with zero attached hydrogens (tertiary/aromatic N) is 6. The molecule has 0 saturated carbocycles. The van der Waals surface area contributed by atoms with Crippen LogP contribution in [0.2, 0.25) is 0 Å². The molecule has 0 spiro atoms. The lowest BCUT2D eigenvalue weighted by molar-refractivity contribution is 0.102. The second-order valence-electron chi connectivity index (χ2n) is 6.20. The highest BCUT2D eigenvalue weighted by Gasteiger charge is 2.17. The summed E-state index contributed by atoms with van der Waals surface area (Å²) in [6.07, 6.45) is 1.67. The fourth-order valence-electron chi connectivity index (χ4n) is 2.78. The number of hydrogen-bond donors (Lipinski definition) is 1. The molecular weight excluding hydrogens is 361 g/mol. The molecule has 1 amide bonds. The van der Waals surface area contributed by atoms with Crippen molar-refractivity contribution in [1.29, 1.82) is 0 Å². The van der Waals surface area contributed by atoms with E-state index in [0.29, 0.717) is 17.1 Å². The van der Waals surface area contributed by atoms with Crippen LogP contribution in [0.3, 0.4) is 0 Å². The van der Waals surface area contributed by atoms with Crippen molar-refractivity contribution in [3.05, 3.63) is 77.6 Å². The molecule has 0 fully saturated rings. The molecule has 1 N–H and O–H groups in total. The molecule has 0 saturated heterocycles. The molecule has 9 heteroatoms. The summed E-state index contributed by atoms with van der Waals surface area (Å²) in [7, 11) is 0. The Kier molecular flexibility index (Phi) is 4.40. The lowest BCUT2D eigenvalue weighted by Crippen LogP contribution is -2.14. The molecule has 4 rings (SSSR count). The van der Waals surface area contributed by atoms with Crippen LogP contribution in [0.1, 0.15) is 21.9 Å². The van der Waals surface area contributed by atoms with Crippen LogP contribution in [-0.2, 0) is 0 Å². The van der Waals surface area contributed by atoms with Gasteiger partial charge in [0, 0.05) is 5.69 Å². The third-order valence-electron chi connectivity index (χ3n) is 4.27. The summed E-state index contributed by atoms with van der Waals surface area (Å²) in [5.41, 5.74) is 3.73. The van der Waals surface area contributed by atoms with E-state index in [2.05, 4.69) is 25.9 Å². The minimum atomic E-state index is -0.379. The smallest absolute Gasteiger partial charge is 0.278 e. The van der Waals surface area contributed by atoms with E-state index >= 15 is 0 Å². The zero-order chi connectivity index (χ0) is 19.7. The van der Waals surface area contributed by atoms with Gasteiger partial charge in [0.25, 0.3) is 5.91 Å². The Morgan fingerprint density at radius 3 is 2.21 bits per heavy atom. The number of nitrogens with one attached hydrogen (secondary N) is 1. The van der Waals surface area contributed by atoms with Crippen LogP contribution < -0.4 is 5.32 Å². The van der Waals surface area contributed by atoms with Crippen molar-refractivity contribution in [3.63, 3.8) is 0 Å². The maximum absolute atomic E-state index is 13.1. The fourth-order valence-corrected chi connectivity index (χ4v) is 2.78. The van der Waals surface area contributed by atoms with Gasteiger partial charge in [-0.3, -0.25) is 4.79 Å². The van der Waals surface area contributed by atoms with E-state index in [-0.39, 0.29) is 17.4 Å². The van der Waals surface area contributed by atoms with Crippen molar-refractivity contribution < 1.29 is 9.18 Å². The Bertz CT molecular complexity index is 1130. The standard InChI is InChI=1S/C19H16FN7O/c1-12-11-21-24-26(12)16-9-5-15(6-10-16)22-19(28)18-13(2)27(25-23-18)17-7-3-14(20)4-8-17/h3-11H,1-2H3,(H,22,28). The second-order valence-corrected chi connectivity index (χ2v) is 6.20. The topological polar surface area (TPSA) is 90.5 Å². The SMILES string of the molecule is Cc1cnnn1-c1ccc(NC(=O)c2nnn(-c3ccc(F)cc3)c2C)cc1. The molecule has 0 atom stereocenters. The molecule has 2 heterocycles. The van der Waals surface area contributed by atoms with Gasteiger partial charge in [0.2, 0.25) is 0 Å². The number of amides is 1. The molecule has 0 aliphatic rings. The van der Waals surface area contributed by atoms with Crippen molar-refractivity contribution in [2.24, 2.45) is 0 Å². The van der Waals surface area contributed by atoms with E-state index in [0.717, 1.165) is 11.4 Å². The van der Waals surface area contributed by atoms with Crippen molar-refractivity contribution in [2.75, 3.05) is 5.32 Å². The van der Waals surface area contributed by atoms with E-state index in [4.69, 9.17) is 0 Å². The third kappa shape index (κ3) is 3.25. The summed E-state index contributed by atoms with van der Waals surface area (Å²) in [5, 5.41) is 18.6. The molecule has 2 aromatic carbocycles. The van der Waals surface area contributed by atoms with Crippen molar-refractivity contribution >= 4 is 11.6 Å². The first-order chi connectivity index (χ1) is 13.5. The summed E-state index contributed by atoms with van der Waals surface area (Å²) in [6.45, 7) is 3.64. The molecular formula is C19H16FN7O. The summed E-state index contributed by atoms with van der Waals surface area (Å²) in [4.78, 5) is 12.6. The van der Waals surface area contributed by atoms with Crippen LogP contribution in [0.4, 0.5) is 10.1 Å². The zero-order valence-corrected chi connectivity index (χ0v) is 15.2. The van der Waals surface area contributed by atoms with Crippen molar-refractivity contribution in [2.45, 2.75) is 13.8 Å². The Labute approximate surface area is 159 Å². The fraction of sp³-hybridized carbons (Fsp3) is 0.105. The summed E-state index contributed by atoms with van der Waals surface area (Å²) in [6, 6.07) is 13.0. The van der Waals surface area contributed by atoms with Gasteiger partial charge < -0.3 is 5.32 Å². The second kappa shape index (κ2) is 7.03. The maximum atomic E-state index is 13.1.